The smallest absolute Gasteiger partial charge is 0.119 e. The molecule has 21 heavy (non-hydrogen) atoms. The van der Waals surface area contributed by atoms with Gasteiger partial charge in [0.15, 0.2) is 0 Å². The summed E-state index contributed by atoms with van der Waals surface area (Å²) in [5, 5.41) is 0.845. The average molecular weight is 299 g/mol. The quantitative estimate of drug-likeness (QED) is 0.537. The fraction of sp³-hybridized carbons (Fsp3) is 0.263. The second-order valence-electron chi connectivity index (χ2n) is 5.00. The van der Waals surface area contributed by atoms with E-state index < -0.39 is 0 Å². The summed E-state index contributed by atoms with van der Waals surface area (Å²) in [6, 6.07) is 13.7. The van der Waals surface area contributed by atoms with E-state index in [4.69, 9.17) is 22.8 Å². The molecule has 2 aromatic carbocycles. The lowest BCUT2D eigenvalue weighted by Gasteiger charge is -2.08. The van der Waals surface area contributed by atoms with Crippen LogP contribution in [0.25, 0.3) is 0 Å². The predicted octanol–water partition coefficient (Wildman–Crippen LogP) is 5.03. The van der Waals surface area contributed by atoms with Crippen LogP contribution in [0.2, 0.25) is 5.02 Å². The molecular formula is C19H19ClO. The second kappa shape index (κ2) is 7.76. The molecule has 2 heteroatoms. The van der Waals surface area contributed by atoms with Crippen molar-refractivity contribution < 1.29 is 4.74 Å². The maximum absolute atomic E-state index is 6.12. The number of hydrogen-bond acceptors (Lipinski definition) is 1. The summed E-state index contributed by atoms with van der Waals surface area (Å²) < 4.78 is 5.70. The van der Waals surface area contributed by atoms with Gasteiger partial charge >= 0.3 is 0 Å². The summed E-state index contributed by atoms with van der Waals surface area (Å²) in [5.41, 5.74) is 3.38. The van der Waals surface area contributed by atoms with Gasteiger partial charge in [0.2, 0.25) is 0 Å². The fourth-order valence-electron chi connectivity index (χ4n) is 2.18. The molecular weight excluding hydrogens is 280 g/mol. The van der Waals surface area contributed by atoms with E-state index in [1.54, 1.807) is 0 Å². The first-order valence-electron chi connectivity index (χ1n) is 7.14. The van der Waals surface area contributed by atoms with Crippen LogP contribution in [0.5, 0.6) is 5.75 Å². The van der Waals surface area contributed by atoms with Gasteiger partial charge < -0.3 is 4.74 Å². The first kappa shape index (κ1) is 15.5. The van der Waals surface area contributed by atoms with Crippen LogP contribution in [0.15, 0.2) is 42.5 Å². The van der Waals surface area contributed by atoms with Crippen LogP contribution >= 0.6 is 11.6 Å². The van der Waals surface area contributed by atoms with Gasteiger partial charge in [0.25, 0.3) is 0 Å². The van der Waals surface area contributed by atoms with Gasteiger partial charge in [-0.1, -0.05) is 29.7 Å². The molecule has 0 spiro atoms. The highest BCUT2D eigenvalue weighted by atomic mass is 35.5. The Hall–Kier alpha value is -1.91. The fourth-order valence-corrected chi connectivity index (χ4v) is 2.37. The van der Waals surface area contributed by atoms with Gasteiger partial charge in [-0.05, 0) is 67.6 Å². The van der Waals surface area contributed by atoms with Crippen LogP contribution in [0.3, 0.4) is 0 Å². The van der Waals surface area contributed by atoms with Gasteiger partial charge in [0.05, 0.1) is 6.61 Å². The number of terminal acetylenes is 1. The van der Waals surface area contributed by atoms with E-state index in [9.17, 15) is 0 Å². The molecule has 0 bridgehead atoms. The normalized spacial score (nSPS) is 10.1. The van der Waals surface area contributed by atoms with Crippen LogP contribution in [-0.2, 0) is 6.42 Å². The zero-order chi connectivity index (χ0) is 15.1. The van der Waals surface area contributed by atoms with Crippen LogP contribution < -0.4 is 4.74 Å². The highest BCUT2D eigenvalue weighted by Crippen LogP contribution is 2.20. The Kier molecular flexibility index (Phi) is 5.72. The molecule has 0 fully saturated rings. The molecule has 0 unspecified atom stereocenters. The Labute approximate surface area is 131 Å². The van der Waals surface area contributed by atoms with Crippen molar-refractivity contribution in [2.75, 3.05) is 6.61 Å². The summed E-state index contributed by atoms with van der Waals surface area (Å²) in [4.78, 5) is 0. The number of halogens is 1. The molecule has 2 aromatic rings. The van der Waals surface area contributed by atoms with Crippen molar-refractivity contribution in [3.8, 4) is 18.1 Å². The van der Waals surface area contributed by atoms with Crippen molar-refractivity contribution in [2.45, 2.75) is 26.2 Å². The number of unbranched alkanes of at least 4 members (excludes halogenated alkanes) is 1. The Morgan fingerprint density at radius 3 is 2.57 bits per heavy atom. The Morgan fingerprint density at radius 2 is 1.86 bits per heavy atom. The van der Waals surface area contributed by atoms with E-state index in [0.29, 0.717) is 0 Å². The third-order valence-electron chi connectivity index (χ3n) is 3.51. The van der Waals surface area contributed by atoms with Crippen LogP contribution in [0.4, 0.5) is 0 Å². The van der Waals surface area contributed by atoms with E-state index >= 15 is 0 Å². The highest BCUT2D eigenvalue weighted by molar-refractivity contribution is 6.31. The molecule has 0 heterocycles. The van der Waals surface area contributed by atoms with Crippen molar-refractivity contribution in [1.29, 1.82) is 0 Å². The highest BCUT2D eigenvalue weighted by Gasteiger charge is 2.02. The van der Waals surface area contributed by atoms with E-state index in [2.05, 4.69) is 18.9 Å². The van der Waals surface area contributed by atoms with Crippen molar-refractivity contribution in [2.24, 2.45) is 0 Å². The molecule has 0 radical (unpaired) electrons. The number of aryl methyl sites for hydroxylation is 1. The number of rotatable bonds is 6. The zero-order valence-electron chi connectivity index (χ0n) is 12.2. The van der Waals surface area contributed by atoms with Crippen molar-refractivity contribution in [1.82, 2.24) is 0 Å². The molecule has 0 aliphatic carbocycles. The summed E-state index contributed by atoms with van der Waals surface area (Å²) >= 11 is 6.12. The lowest BCUT2D eigenvalue weighted by atomic mass is 10.0. The van der Waals surface area contributed by atoms with E-state index in [0.717, 1.165) is 42.2 Å². The standard InChI is InChI=1S/C19H19ClO/c1-3-16-10-12-18(13-11-16)21-14-5-4-7-17-8-6-9-19(20)15(17)2/h1,6,8-13H,4-5,7,14H2,2H3. The van der Waals surface area contributed by atoms with Gasteiger partial charge in [0.1, 0.15) is 5.75 Å². The average Bonchev–Trinajstić information content (AvgIpc) is 2.51. The lowest BCUT2D eigenvalue weighted by Crippen LogP contribution is -1.99. The minimum absolute atomic E-state index is 0.717. The molecule has 0 amide bonds. The summed E-state index contributed by atoms with van der Waals surface area (Å²) in [7, 11) is 0. The minimum Gasteiger partial charge on any atom is -0.494 e. The number of ether oxygens (including phenoxy) is 1. The number of hydrogen-bond donors (Lipinski definition) is 0. The molecule has 0 aliphatic rings. The van der Waals surface area contributed by atoms with Crippen LogP contribution in [-0.4, -0.2) is 6.61 Å². The maximum Gasteiger partial charge on any atom is 0.119 e. The lowest BCUT2D eigenvalue weighted by molar-refractivity contribution is 0.307. The maximum atomic E-state index is 6.12. The molecule has 0 N–H and O–H groups in total. The monoisotopic (exact) mass is 298 g/mol. The van der Waals surface area contributed by atoms with E-state index in [-0.39, 0.29) is 0 Å². The molecule has 0 saturated carbocycles. The predicted molar refractivity (Wildman–Crippen MR) is 89.0 cm³/mol. The Balaban J connectivity index is 1.72. The first-order valence-corrected chi connectivity index (χ1v) is 7.52. The van der Waals surface area contributed by atoms with Gasteiger partial charge in [-0.25, -0.2) is 0 Å². The summed E-state index contributed by atoms with van der Waals surface area (Å²) in [5.74, 6) is 3.46. The second-order valence-corrected chi connectivity index (χ2v) is 5.41. The molecule has 108 valence electrons. The van der Waals surface area contributed by atoms with Gasteiger partial charge in [0, 0.05) is 10.6 Å². The summed E-state index contributed by atoms with van der Waals surface area (Å²) in [6.45, 7) is 2.79. The van der Waals surface area contributed by atoms with Gasteiger partial charge in [-0.15, -0.1) is 6.42 Å². The molecule has 1 nitrogen and oxygen atoms in total. The van der Waals surface area contributed by atoms with E-state index in [1.165, 1.54) is 11.1 Å². The molecule has 0 atom stereocenters. The topological polar surface area (TPSA) is 9.23 Å². The van der Waals surface area contributed by atoms with Gasteiger partial charge in [-0.2, -0.15) is 0 Å². The SMILES string of the molecule is C#Cc1ccc(OCCCCc2cccc(Cl)c2C)cc1. The zero-order valence-corrected chi connectivity index (χ0v) is 13.0. The largest absolute Gasteiger partial charge is 0.494 e. The molecule has 0 aromatic heterocycles. The third kappa shape index (κ3) is 4.55. The van der Waals surface area contributed by atoms with Crippen molar-refractivity contribution >= 4 is 11.6 Å². The Bertz CT molecular complexity index is 623. The minimum atomic E-state index is 0.717. The summed E-state index contributed by atoms with van der Waals surface area (Å²) in [6.07, 6.45) is 8.45. The van der Waals surface area contributed by atoms with Gasteiger partial charge in [-0.3, -0.25) is 0 Å². The first-order chi connectivity index (χ1) is 10.2. The third-order valence-corrected chi connectivity index (χ3v) is 3.92. The molecule has 0 saturated heterocycles. The van der Waals surface area contributed by atoms with E-state index in [1.807, 2.05) is 36.4 Å². The molecule has 2 rings (SSSR count). The van der Waals surface area contributed by atoms with Crippen LogP contribution in [0, 0.1) is 19.3 Å². The van der Waals surface area contributed by atoms with Crippen molar-refractivity contribution in [3.05, 3.63) is 64.2 Å². The number of benzene rings is 2. The Morgan fingerprint density at radius 1 is 1.10 bits per heavy atom. The molecule has 0 aliphatic heterocycles. The van der Waals surface area contributed by atoms with Crippen LogP contribution in [0.1, 0.15) is 29.5 Å². The van der Waals surface area contributed by atoms with Crippen molar-refractivity contribution in [3.63, 3.8) is 0 Å².